The Kier molecular flexibility index (Phi) is 5.85. The number of rotatable bonds is 5. The van der Waals surface area contributed by atoms with Crippen LogP contribution in [0.2, 0.25) is 0 Å². The molecule has 20 heavy (non-hydrogen) atoms. The minimum atomic E-state index is 0.589. The van der Waals surface area contributed by atoms with Gasteiger partial charge in [0.2, 0.25) is 0 Å². The van der Waals surface area contributed by atoms with E-state index in [1.807, 2.05) is 31.7 Å². The SMILES string of the molecule is CCCC1CCC(CN)C(Sc2nc(C)cc(C)n2)C1. The maximum absolute atomic E-state index is 5.97. The van der Waals surface area contributed by atoms with E-state index in [2.05, 4.69) is 16.9 Å². The largest absolute Gasteiger partial charge is 0.330 e. The zero-order chi connectivity index (χ0) is 14.5. The van der Waals surface area contributed by atoms with Crippen LogP contribution in [-0.2, 0) is 0 Å². The van der Waals surface area contributed by atoms with Crippen LogP contribution in [0.15, 0.2) is 11.2 Å². The molecular weight excluding hydrogens is 266 g/mol. The van der Waals surface area contributed by atoms with Crippen molar-refractivity contribution in [1.29, 1.82) is 0 Å². The zero-order valence-electron chi connectivity index (χ0n) is 12.9. The molecule has 1 aliphatic carbocycles. The van der Waals surface area contributed by atoms with E-state index >= 15 is 0 Å². The Morgan fingerprint density at radius 3 is 2.55 bits per heavy atom. The van der Waals surface area contributed by atoms with E-state index in [0.717, 1.165) is 29.0 Å². The minimum absolute atomic E-state index is 0.589. The molecule has 0 aromatic carbocycles. The van der Waals surface area contributed by atoms with Gasteiger partial charge in [-0.2, -0.15) is 0 Å². The van der Waals surface area contributed by atoms with Crippen LogP contribution in [0.5, 0.6) is 0 Å². The number of aryl methyl sites for hydroxylation is 2. The summed E-state index contributed by atoms with van der Waals surface area (Å²) in [6.07, 6.45) is 6.53. The first-order valence-corrected chi connectivity index (χ1v) is 8.69. The molecule has 1 aliphatic rings. The molecule has 1 aromatic rings. The second-order valence-corrected chi connectivity index (χ2v) is 7.26. The van der Waals surface area contributed by atoms with Crippen LogP contribution < -0.4 is 5.73 Å². The summed E-state index contributed by atoms with van der Waals surface area (Å²) >= 11 is 1.85. The molecule has 1 fully saturated rings. The van der Waals surface area contributed by atoms with Crippen molar-refractivity contribution < 1.29 is 0 Å². The van der Waals surface area contributed by atoms with E-state index in [1.54, 1.807) is 0 Å². The van der Waals surface area contributed by atoms with Crippen LogP contribution in [0.3, 0.4) is 0 Å². The van der Waals surface area contributed by atoms with Crippen molar-refractivity contribution in [3.8, 4) is 0 Å². The molecule has 3 nitrogen and oxygen atoms in total. The molecule has 1 heterocycles. The highest BCUT2D eigenvalue weighted by Gasteiger charge is 2.30. The Morgan fingerprint density at radius 2 is 1.95 bits per heavy atom. The van der Waals surface area contributed by atoms with E-state index in [-0.39, 0.29) is 0 Å². The number of hydrogen-bond donors (Lipinski definition) is 1. The van der Waals surface area contributed by atoms with Gasteiger partial charge in [0.05, 0.1) is 0 Å². The van der Waals surface area contributed by atoms with Gasteiger partial charge in [0.25, 0.3) is 0 Å². The van der Waals surface area contributed by atoms with Crippen LogP contribution in [0, 0.1) is 25.7 Å². The molecule has 3 unspecified atom stereocenters. The number of nitrogens with two attached hydrogens (primary N) is 1. The molecule has 1 saturated carbocycles. The molecule has 0 aliphatic heterocycles. The summed E-state index contributed by atoms with van der Waals surface area (Å²) < 4.78 is 0. The van der Waals surface area contributed by atoms with Crippen LogP contribution in [0.4, 0.5) is 0 Å². The van der Waals surface area contributed by atoms with Gasteiger partial charge in [-0.05, 0) is 51.1 Å². The second-order valence-electron chi connectivity index (χ2n) is 6.05. The summed E-state index contributed by atoms with van der Waals surface area (Å²) in [4.78, 5) is 9.16. The topological polar surface area (TPSA) is 51.8 Å². The predicted octanol–water partition coefficient (Wildman–Crippen LogP) is 3.73. The highest BCUT2D eigenvalue weighted by atomic mass is 32.2. The van der Waals surface area contributed by atoms with E-state index in [9.17, 15) is 0 Å². The van der Waals surface area contributed by atoms with Gasteiger partial charge in [-0.25, -0.2) is 9.97 Å². The molecule has 3 atom stereocenters. The predicted molar refractivity (Wildman–Crippen MR) is 85.9 cm³/mol. The summed E-state index contributed by atoms with van der Waals surface area (Å²) in [6.45, 7) is 7.16. The molecular formula is C16H27N3S. The van der Waals surface area contributed by atoms with E-state index in [0.29, 0.717) is 11.2 Å². The smallest absolute Gasteiger partial charge is 0.188 e. The highest BCUT2D eigenvalue weighted by Crippen LogP contribution is 2.40. The average Bonchev–Trinajstić information content (AvgIpc) is 2.38. The molecule has 2 N–H and O–H groups in total. The lowest BCUT2D eigenvalue weighted by Gasteiger charge is -2.34. The molecule has 0 radical (unpaired) electrons. The lowest BCUT2D eigenvalue weighted by Crippen LogP contribution is -2.32. The molecule has 2 rings (SSSR count). The summed E-state index contributed by atoms with van der Waals surface area (Å²) in [5.41, 5.74) is 8.09. The first-order chi connectivity index (χ1) is 9.62. The first kappa shape index (κ1) is 15.8. The molecule has 0 bridgehead atoms. The third-order valence-electron chi connectivity index (χ3n) is 4.26. The van der Waals surface area contributed by atoms with Crippen LogP contribution >= 0.6 is 11.8 Å². The van der Waals surface area contributed by atoms with Crippen LogP contribution in [0.25, 0.3) is 0 Å². The fraction of sp³-hybridized carbons (Fsp3) is 0.750. The fourth-order valence-electron chi connectivity index (χ4n) is 3.24. The average molecular weight is 293 g/mol. The van der Waals surface area contributed by atoms with E-state index in [1.165, 1.54) is 32.1 Å². The van der Waals surface area contributed by atoms with Crippen molar-refractivity contribution in [2.45, 2.75) is 63.3 Å². The van der Waals surface area contributed by atoms with E-state index < -0.39 is 0 Å². The number of hydrogen-bond acceptors (Lipinski definition) is 4. The standard InChI is InChI=1S/C16H27N3S/c1-4-5-13-6-7-14(10-17)15(9-13)20-16-18-11(2)8-12(3)19-16/h8,13-15H,4-7,9-10,17H2,1-3H3. The van der Waals surface area contributed by atoms with Gasteiger partial charge in [-0.3, -0.25) is 0 Å². The Balaban J connectivity index is 2.06. The highest BCUT2D eigenvalue weighted by molar-refractivity contribution is 7.99. The normalized spacial score (nSPS) is 26.7. The van der Waals surface area contributed by atoms with Gasteiger partial charge in [0.1, 0.15) is 0 Å². The molecule has 0 spiro atoms. The number of aromatic nitrogens is 2. The number of nitrogens with zero attached hydrogens (tertiary/aromatic N) is 2. The third kappa shape index (κ3) is 4.19. The summed E-state index contributed by atoms with van der Waals surface area (Å²) in [5, 5.41) is 1.52. The van der Waals surface area contributed by atoms with Crippen molar-refractivity contribution in [2.75, 3.05) is 6.54 Å². The number of thioether (sulfide) groups is 1. The van der Waals surface area contributed by atoms with Crippen molar-refractivity contribution in [3.63, 3.8) is 0 Å². The molecule has 0 saturated heterocycles. The van der Waals surface area contributed by atoms with Gasteiger partial charge >= 0.3 is 0 Å². The van der Waals surface area contributed by atoms with Crippen LogP contribution in [0.1, 0.15) is 50.4 Å². The quantitative estimate of drug-likeness (QED) is 0.840. The lowest BCUT2D eigenvalue weighted by atomic mass is 9.80. The lowest BCUT2D eigenvalue weighted by molar-refractivity contribution is 0.275. The van der Waals surface area contributed by atoms with Crippen molar-refractivity contribution in [3.05, 3.63) is 17.5 Å². The minimum Gasteiger partial charge on any atom is -0.330 e. The summed E-state index contributed by atoms with van der Waals surface area (Å²) in [6, 6.07) is 2.03. The first-order valence-electron chi connectivity index (χ1n) is 7.81. The molecule has 112 valence electrons. The van der Waals surface area contributed by atoms with Gasteiger partial charge in [0.15, 0.2) is 5.16 Å². The summed E-state index contributed by atoms with van der Waals surface area (Å²) in [7, 11) is 0. The van der Waals surface area contributed by atoms with E-state index in [4.69, 9.17) is 5.73 Å². The zero-order valence-corrected chi connectivity index (χ0v) is 13.7. The molecule has 4 heteroatoms. The van der Waals surface area contributed by atoms with Crippen molar-refractivity contribution in [1.82, 2.24) is 9.97 Å². The van der Waals surface area contributed by atoms with Crippen LogP contribution in [-0.4, -0.2) is 21.8 Å². The monoisotopic (exact) mass is 293 g/mol. The third-order valence-corrected chi connectivity index (χ3v) is 5.53. The molecule has 0 amide bonds. The second kappa shape index (κ2) is 7.41. The Bertz CT molecular complexity index is 415. The Labute approximate surface area is 127 Å². The Hall–Kier alpha value is -0.610. The van der Waals surface area contributed by atoms with Crippen molar-refractivity contribution in [2.24, 2.45) is 17.6 Å². The Morgan fingerprint density at radius 1 is 1.25 bits per heavy atom. The van der Waals surface area contributed by atoms with Crippen molar-refractivity contribution >= 4 is 11.8 Å². The summed E-state index contributed by atoms with van der Waals surface area (Å²) in [5.74, 6) is 1.49. The fourth-order valence-corrected chi connectivity index (χ4v) is 4.71. The maximum Gasteiger partial charge on any atom is 0.188 e. The molecule has 1 aromatic heterocycles. The van der Waals surface area contributed by atoms with Gasteiger partial charge in [-0.1, -0.05) is 37.9 Å². The van der Waals surface area contributed by atoms with Gasteiger partial charge < -0.3 is 5.73 Å². The van der Waals surface area contributed by atoms with Gasteiger partial charge in [-0.15, -0.1) is 0 Å². The van der Waals surface area contributed by atoms with Gasteiger partial charge in [0, 0.05) is 16.6 Å². The maximum atomic E-state index is 5.97.